The molecule has 0 amide bonds. The average Bonchev–Trinajstić information content (AvgIpc) is 2.88. The van der Waals surface area contributed by atoms with Gasteiger partial charge in [-0.1, -0.05) is 18.3 Å². The van der Waals surface area contributed by atoms with Crippen molar-refractivity contribution in [2.45, 2.75) is 13.3 Å². The minimum absolute atomic E-state index is 0.371. The third-order valence-corrected chi connectivity index (χ3v) is 3.21. The molecule has 0 spiro atoms. The number of hydrogen-bond donors (Lipinski definition) is 1. The Morgan fingerprint density at radius 3 is 2.88 bits per heavy atom. The third kappa shape index (κ3) is 1.53. The molecule has 0 saturated heterocycles. The van der Waals surface area contributed by atoms with Crippen molar-refractivity contribution in [2.75, 3.05) is 5.73 Å². The number of nitrogens with zero attached hydrogens (tertiary/aromatic N) is 6. The SMILES string of the molecule is CCc1nnc2sc(-c3nccnc3N)nn12. The number of aryl methyl sites for hydroxylation is 1. The third-order valence-electron chi connectivity index (χ3n) is 2.30. The van der Waals surface area contributed by atoms with Gasteiger partial charge in [0, 0.05) is 18.8 Å². The van der Waals surface area contributed by atoms with Crippen LogP contribution in [0, 0.1) is 0 Å². The highest BCUT2D eigenvalue weighted by Gasteiger charge is 2.14. The van der Waals surface area contributed by atoms with Crippen LogP contribution in [0.2, 0.25) is 0 Å². The van der Waals surface area contributed by atoms with Crippen LogP contribution in [0.1, 0.15) is 12.7 Å². The van der Waals surface area contributed by atoms with Crippen LogP contribution in [-0.2, 0) is 6.42 Å². The zero-order chi connectivity index (χ0) is 11.8. The van der Waals surface area contributed by atoms with Gasteiger partial charge in [0.15, 0.2) is 16.6 Å². The molecule has 0 atom stereocenters. The Morgan fingerprint density at radius 1 is 1.29 bits per heavy atom. The molecule has 3 heterocycles. The summed E-state index contributed by atoms with van der Waals surface area (Å²) in [6.07, 6.45) is 3.92. The number of anilines is 1. The molecular formula is C9H9N7S. The fourth-order valence-electron chi connectivity index (χ4n) is 1.49. The average molecular weight is 247 g/mol. The maximum atomic E-state index is 5.76. The summed E-state index contributed by atoms with van der Waals surface area (Å²) in [6, 6.07) is 0. The van der Waals surface area contributed by atoms with Crippen molar-refractivity contribution in [3.8, 4) is 10.7 Å². The number of rotatable bonds is 2. The maximum absolute atomic E-state index is 5.76. The molecular weight excluding hydrogens is 238 g/mol. The molecule has 0 fully saturated rings. The quantitative estimate of drug-likeness (QED) is 0.719. The molecule has 0 bridgehead atoms. The highest BCUT2D eigenvalue weighted by molar-refractivity contribution is 7.19. The Hall–Kier alpha value is -2.09. The summed E-state index contributed by atoms with van der Waals surface area (Å²) in [5.41, 5.74) is 6.35. The van der Waals surface area contributed by atoms with Crippen LogP contribution >= 0.6 is 11.3 Å². The van der Waals surface area contributed by atoms with E-state index in [4.69, 9.17) is 5.73 Å². The summed E-state index contributed by atoms with van der Waals surface area (Å²) in [5, 5.41) is 13.2. The molecule has 0 unspecified atom stereocenters. The molecule has 3 rings (SSSR count). The van der Waals surface area contributed by atoms with E-state index in [0.29, 0.717) is 16.5 Å². The monoisotopic (exact) mass is 247 g/mol. The molecule has 0 aliphatic carbocycles. The smallest absolute Gasteiger partial charge is 0.235 e. The first-order valence-corrected chi connectivity index (χ1v) is 5.89. The minimum Gasteiger partial charge on any atom is -0.382 e. The van der Waals surface area contributed by atoms with Crippen molar-refractivity contribution in [3.05, 3.63) is 18.2 Å². The first-order valence-electron chi connectivity index (χ1n) is 5.07. The summed E-state index contributed by atoms with van der Waals surface area (Å²) in [4.78, 5) is 8.90. The van der Waals surface area contributed by atoms with Crippen LogP contribution in [0.15, 0.2) is 12.4 Å². The number of hydrogen-bond acceptors (Lipinski definition) is 7. The van der Waals surface area contributed by atoms with Crippen LogP contribution in [0.4, 0.5) is 5.82 Å². The van der Waals surface area contributed by atoms with Crippen LogP contribution < -0.4 is 5.73 Å². The molecule has 7 nitrogen and oxygen atoms in total. The fourth-order valence-corrected chi connectivity index (χ4v) is 2.35. The van der Waals surface area contributed by atoms with Crippen LogP contribution in [-0.4, -0.2) is 29.8 Å². The van der Waals surface area contributed by atoms with Crippen molar-refractivity contribution in [1.82, 2.24) is 29.8 Å². The van der Waals surface area contributed by atoms with E-state index in [1.54, 1.807) is 16.9 Å². The van der Waals surface area contributed by atoms with Crippen molar-refractivity contribution < 1.29 is 0 Å². The zero-order valence-electron chi connectivity index (χ0n) is 9.03. The fraction of sp³-hybridized carbons (Fsp3) is 0.222. The van der Waals surface area contributed by atoms with Gasteiger partial charge in [0.2, 0.25) is 4.96 Å². The zero-order valence-corrected chi connectivity index (χ0v) is 9.85. The van der Waals surface area contributed by atoms with E-state index in [0.717, 1.165) is 17.2 Å². The number of aromatic nitrogens is 6. The van der Waals surface area contributed by atoms with Crippen molar-refractivity contribution >= 4 is 22.1 Å². The molecule has 0 radical (unpaired) electrons. The Balaban J connectivity index is 2.19. The van der Waals surface area contributed by atoms with E-state index in [-0.39, 0.29) is 0 Å². The normalized spacial score (nSPS) is 11.1. The lowest BCUT2D eigenvalue weighted by atomic mass is 10.4. The van der Waals surface area contributed by atoms with Gasteiger partial charge in [0.05, 0.1) is 0 Å². The van der Waals surface area contributed by atoms with Gasteiger partial charge in [-0.25, -0.2) is 9.97 Å². The summed E-state index contributed by atoms with van der Waals surface area (Å²) < 4.78 is 1.72. The van der Waals surface area contributed by atoms with E-state index >= 15 is 0 Å². The first kappa shape index (κ1) is 10.1. The second-order valence-corrected chi connectivity index (χ2v) is 4.32. The Morgan fingerprint density at radius 2 is 2.12 bits per heavy atom. The largest absolute Gasteiger partial charge is 0.382 e. The molecule has 17 heavy (non-hydrogen) atoms. The van der Waals surface area contributed by atoms with Gasteiger partial charge in [-0.05, 0) is 0 Å². The first-order chi connectivity index (χ1) is 8.29. The molecule has 8 heteroatoms. The van der Waals surface area contributed by atoms with Gasteiger partial charge in [-0.15, -0.1) is 10.2 Å². The Labute approximate surface area is 100 Å². The van der Waals surface area contributed by atoms with Crippen molar-refractivity contribution in [3.63, 3.8) is 0 Å². The van der Waals surface area contributed by atoms with Gasteiger partial charge in [0.25, 0.3) is 0 Å². The van der Waals surface area contributed by atoms with Crippen LogP contribution in [0.3, 0.4) is 0 Å². The molecule has 0 aliphatic rings. The topological polar surface area (TPSA) is 94.9 Å². The molecule has 0 saturated carbocycles. The summed E-state index contributed by atoms with van der Waals surface area (Å²) in [7, 11) is 0. The lowest BCUT2D eigenvalue weighted by molar-refractivity contribution is 0.836. The van der Waals surface area contributed by atoms with E-state index in [1.807, 2.05) is 6.92 Å². The van der Waals surface area contributed by atoms with Gasteiger partial charge in [-0.3, -0.25) is 0 Å². The lowest BCUT2D eigenvalue weighted by Gasteiger charge is -1.97. The number of nitrogens with two attached hydrogens (primary N) is 1. The maximum Gasteiger partial charge on any atom is 0.235 e. The predicted octanol–water partition coefficient (Wildman–Crippen LogP) is 0.787. The van der Waals surface area contributed by atoms with Gasteiger partial charge >= 0.3 is 0 Å². The standard InChI is InChI=1S/C9H9N7S/c1-2-5-13-14-9-16(5)15-8(17-9)6-7(10)12-4-3-11-6/h3-4H,2H2,1H3,(H2,10,12). The lowest BCUT2D eigenvalue weighted by Crippen LogP contribution is -1.97. The van der Waals surface area contributed by atoms with E-state index in [2.05, 4.69) is 25.3 Å². The Kier molecular flexibility index (Phi) is 2.22. The van der Waals surface area contributed by atoms with Crippen LogP contribution in [0.25, 0.3) is 15.7 Å². The van der Waals surface area contributed by atoms with E-state index < -0.39 is 0 Å². The highest BCUT2D eigenvalue weighted by atomic mass is 32.1. The second-order valence-electron chi connectivity index (χ2n) is 3.36. The van der Waals surface area contributed by atoms with Gasteiger partial charge in [-0.2, -0.15) is 9.61 Å². The van der Waals surface area contributed by atoms with Gasteiger partial charge in [0.1, 0.15) is 5.69 Å². The van der Waals surface area contributed by atoms with Crippen molar-refractivity contribution in [1.29, 1.82) is 0 Å². The summed E-state index contributed by atoms with van der Waals surface area (Å²) in [5.74, 6) is 1.19. The van der Waals surface area contributed by atoms with Gasteiger partial charge < -0.3 is 5.73 Å². The summed E-state index contributed by atoms with van der Waals surface area (Å²) >= 11 is 1.40. The highest BCUT2D eigenvalue weighted by Crippen LogP contribution is 2.26. The van der Waals surface area contributed by atoms with Crippen molar-refractivity contribution in [2.24, 2.45) is 0 Å². The molecule has 2 N–H and O–H groups in total. The van der Waals surface area contributed by atoms with E-state index in [1.165, 1.54) is 11.3 Å². The molecule has 3 aromatic rings. The second kappa shape index (κ2) is 3.74. The van der Waals surface area contributed by atoms with Crippen LogP contribution in [0.5, 0.6) is 0 Å². The molecule has 3 aromatic heterocycles. The molecule has 86 valence electrons. The molecule has 0 aliphatic heterocycles. The molecule has 0 aromatic carbocycles. The van der Waals surface area contributed by atoms with E-state index in [9.17, 15) is 0 Å². The predicted molar refractivity (Wildman–Crippen MR) is 63.5 cm³/mol. The number of nitrogen functional groups attached to an aromatic ring is 1. The Bertz CT molecular complexity index is 671. The number of fused-ring (bicyclic) bond motifs is 1. The minimum atomic E-state index is 0.371. The summed E-state index contributed by atoms with van der Waals surface area (Å²) in [6.45, 7) is 2.01.